The average molecular weight is 488 g/mol. The van der Waals surface area contributed by atoms with Crippen molar-refractivity contribution in [3.63, 3.8) is 0 Å². The molecule has 4 N–H and O–H groups in total. The summed E-state index contributed by atoms with van der Waals surface area (Å²) in [4.78, 5) is 12.1. The van der Waals surface area contributed by atoms with E-state index < -0.39 is 36.3 Å². The van der Waals surface area contributed by atoms with Crippen molar-refractivity contribution in [2.45, 2.75) is 103 Å². The number of fused-ring (bicyclic) bond motifs is 1. The normalized spacial score (nSPS) is 36.0. The second kappa shape index (κ2) is 10.3. The third kappa shape index (κ3) is 6.05. The van der Waals surface area contributed by atoms with Crippen LogP contribution in [0, 0.1) is 23.2 Å². The number of aliphatic hydroxyl groups is 3. The second-order valence-electron chi connectivity index (χ2n) is 11.3. The van der Waals surface area contributed by atoms with Gasteiger partial charge < -0.3 is 20.6 Å². The Balaban J connectivity index is 1.62. The third-order valence-electron chi connectivity index (χ3n) is 8.53. The lowest BCUT2D eigenvalue weighted by atomic mass is 9.61. The highest BCUT2D eigenvalue weighted by atomic mass is 19.4. The summed E-state index contributed by atoms with van der Waals surface area (Å²) in [6.45, 7) is 5.26. The highest BCUT2D eigenvalue weighted by molar-refractivity contribution is 5.77. The first-order valence-electron chi connectivity index (χ1n) is 12.5. The molecule has 0 spiro atoms. The van der Waals surface area contributed by atoms with Crippen molar-refractivity contribution in [1.82, 2.24) is 5.32 Å². The van der Waals surface area contributed by atoms with Crippen molar-refractivity contribution < 1.29 is 33.3 Å². The molecule has 0 heterocycles. The molecule has 0 radical (unpaired) electrons. The predicted molar refractivity (Wildman–Crippen MR) is 124 cm³/mol. The number of hydrogen-bond acceptors (Lipinski definition) is 4. The van der Waals surface area contributed by atoms with Crippen molar-refractivity contribution in [1.29, 1.82) is 0 Å². The number of nitrogens with one attached hydrogen (secondary N) is 1. The Hall–Kier alpha value is -1.38. The fourth-order valence-electron chi connectivity index (χ4n) is 6.64. The molecule has 0 aliphatic heterocycles. The van der Waals surface area contributed by atoms with E-state index in [1.165, 1.54) is 5.57 Å². The number of carbonyl (C=O) groups is 1. The molecule has 1 amide bonds. The molecule has 3 aliphatic rings. The van der Waals surface area contributed by atoms with Crippen LogP contribution in [0.1, 0.15) is 78.6 Å². The minimum absolute atomic E-state index is 0.0653. The molecular formula is C26H40F3NO4. The molecule has 34 heavy (non-hydrogen) atoms. The quantitative estimate of drug-likeness (QED) is 0.447. The van der Waals surface area contributed by atoms with Gasteiger partial charge in [0.1, 0.15) is 0 Å². The Morgan fingerprint density at radius 2 is 1.85 bits per heavy atom. The second-order valence-corrected chi connectivity index (χ2v) is 11.3. The van der Waals surface area contributed by atoms with Crippen LogP contribution in [0.3, 0.4) is 0 Å². The molecule has 3 saturated carbocycles. The third-order valence-corrected chi connectivity index (χ3v) is 8.53. The van der Waals surface area contributed by atoms with Crippen molar-refractivity contribution in [3.8, 4) is 0 Å². The number of carbonyl (C=O) groups excluding carboxylic acids is 1. The van der Waals surface area contributed by atoms with Gasteiger partial charge in [-0.2, -0.15) is 13.2 Å². The van der Waals surface area contributed by atoms with E-state index in [0.29, 0.717) is 44.6 Å². The first-order chi connectivity index (χ1) is 15.7. The summed E-state index contributed by atoms with van der Waals surface area (Å²) in [6, 6.07) is 0. The summed E-state index contributed by atoms with van der Waals surface area (Å²) in [5.74, 6) is 0.0824. The zero-order valence-electron chi connectivity index (χ0n) is 20.5. The summed E-state index contributed by atoms with van der Waals surface area (Å²) in [5, 5.41) is 32.1. The smallest absolute Gasteiger partial charge is 0.393 e. The number of alkyl halides is 3. The Kier molecular flexibility index (Phi) is 8.25. The Labute approximate surface area is 200 Å². The van der Waals surface area contributed by atoms with Crippen LogP contribution in [0.25, 0.3) is 0 Å². The maximum Gasteiger partial charge on any atom is 0.417 e. The van der Waals surface area contributed by atoms with Crippen LogP contribution in [-0.4, -0.2) is 51.8 Å². The van der Waals surface area contributed by atoms with Crippen LogP contribution in [-0.2, 0) is 4.79 Å². The number of aliphatic hydroxyl groups excluding tert-OH is 2. The molecule has 5 unspecified atom stereocenters. The highest BCUT2D eigenvalue weighted by Crippen LogP contribution is 2.59. The van der Waals surface area contributed by atoms with E-state index in [1.54, 1.807) is 0 Å². The van der Waals surface area contributed by atoms with Gasteiger partial charge in [-0.25, -0.2) is 0 Å². The lowest BCUT2D eigenvalue weighted by Gasteiger charge is -2.44. The van der Waals surface area contributed by atoms with E-state index in [1.807, 2.05) is 6.92 Å². The van der Waals surface area contributed by atoms with Crippen molar-refractivity contribution in [2.75, 3.05) is 6.54 Å². The lowest BCUT2D eigenvalue weighted by molar-refractivity contribution is -0.253. The summed E-state index contributed by atoms with van der Waals surface area (Å²) >= 11 is 0. The van der Waals surface area contributed by atoms with E-state index >= 15 is 0 Å². The predicted octanol–water partition coefficient (Wildman–Crippen LogP) is 4.42. The van der Waals surface area contributed by atoms with Crippen molar-refractivity contribution in [2.24, 2.45) is 23.2 Å². The first kappa shape index (κ1) is 27.2. The molecule has 0 saturated heterocycles. The molecular weight excluding hydrogens is 447 g/mol. The summed E-state index contributed by atoms with van der Waals surface area (Å²) < 4.78 is 38.6. The molecule has 0 aromatic heterocycles. The number of halogens is 3. The van der Waals surface area contributed by atoms with Gasteiger partial charge in [0.15, 0.2) is 5.60 Å². The lowest BCUT2D eigenvalue weighted by Crippen LogP contribution is -2.47. The van der Waals surface area contributed by atoms with Crippen LogP contribution in [0.5, 0.6) is 0 Å². The number of rotatable bonds is 6. The van der Waals surface area contributed by atoms with Gasteiger partial charge in [0.05, 0.1) is 18.6 Å². The number of amides is 1. The topological polar surface area (TPSA) is 89.8 Å². The zero-order valence-corrected chi connectivity index (χ0v) is 20.5. The Bertz CT molecular complexity index is 794. The fraction of sp³-hybridized carbons (Fsp3) is 0.808. The molecule has 194 valence electrons. The van der Waals surface area contributed by atoms with Gasteiger partial charge >= 0.3 is 6.18 Å². The van der Waals surface area contributed by atoms with Gasteiger partial charge in [0.2, 0.25) is 5.91 Å². The molecule has 3 fully saturated rings. The Morgan fingerprint density at radius 3 is 2.47 bits per heavy atom. The molecule has 3 aliphatic carbocycles. The monoisotopic (exact) mass is 487 g/mol. The van der Waals surface area contributed by atoms with Crippen LogP contribution < -0.4 is 5.32 Å². The van der Waals surface area contributed by atoms with Crippen molar-refractivity contribution in [3.05, 3.63) is 23.3 Å². The van der Waals surface area contributed by atoms with Gasteiger partial charge in [-0.15, -0.1) is 0 Å². The summed E-state index contributed by atoms with van der Waals surface area (Å²) in [7, 11) is 0. The van der Waals surface area contributed by atoms with Crippen LogP contribution in [0.4, 0.5) is 13.2 Å². The number of hydrogen-bond donors (Lipinski definition) is 4. The van der Waals surface area contributed by atoms with E-state index in [0.717, 1.165) is 37.7 Å². The van der Waals surface area contributed by atoms with Gasteiger partial charge in [0, 0.05) is 6.54 Å². The summed E-state index contributed by atoms with van der Waals surface area (Å²) in [5.41, 5.74) is -0.495. The highest BCUT2D eigenvalue weighted by Gasteiger charge is 2.52. The van der Waals surface area contributed by atoms with Gasteiger partial charge in [0.25, 0.3) is 0 Å². The molecule has 8 heteroatoms. The zero-order chi connectivity index (χ0) is 25.3. The summed E-state index contributed by atoms with van der Waals surface area (Å²) in [6.07, 6.45) is 4.29. The van der Waals surface area contributed by atoms with E-state index in [2.05, 4.69) is 24.4 Å². The molecule has 0 aromatic rings. The first-order valence-corrected chi connectivity index (χ1v) is 12.5. The average Bonchev–Trinajstić information content (AvgIpc) is 3.06. The van der Waals surface area contributed by atoms with Crippen LogP contribution in [0.15, 0.2) is 23.3 Å². The van der Waals surface area contributed by atoms with Crippen LogP contribution >= 0.6 is 0 Å². The minimum Gasteiger partial charge on any atom is -0.393 e. The van der Waals surface area contributed by atoms with E-state index in [9.17, 15) is 33.3 Å². The largest absolute Gasteiger partial charge is 0.417 e. The molecule has 0 bridgehead atoms. The molecule has 7 atom stereocenters. The number of allylic oxidation sites excluding steroid dienone is 3. The maximum absolute atomic E-state index is 12.9. The van der Waals surface area contributed by atoms with Gasteiger partial charge in [-0.05, 0) is 81.5 Å². The Morgan fingerprint density at radius 1 is 1.21 bits per heavy atom. The maximum atomic E-state index is 12.9. The van der Waals surface area contributed by atoms with Gasteiger partial charge in [-0.1, -0.05) is 37.1 Å². The standard InChI is InChI=1S/C26H40F3NO4/c1-16(15-30-23(33)14-25(3,34)26(27,28)29)21-8-9-22-18(5-4-10-24(21,22)2)7-6-17-11-19(31)13-20(32)12-17/h6-7,16,19-22,31-32,34H,4-5,8-15H2,1-3H3,(H,30,33)/t16-,19?,20?,21?,22?,24-,25?/m1/s1. The molecule has 3 rings (SSSR count). The van der Waals surface area contributed by atoms with Crippen molar-refractivity contribution >= 4 is 5.91 Å². The fourth-order valence-corrected chi connectivity index (χ4v) is 6.64. The van der Waals surface area contributed by atoms with Gasteiger partial charge in [-0.3, -0.25) is 4.79 Å². The van der Waals surface area contributed by atoms with E-state index in [4.69, 9.17) is 0 Å². The van der Waals surface area contributed by atoms with Crippen LogP contribution in [0.2, 0.25) is 0 Å². The molecule has 5 nitrogen and oxygen atoms in total. The minimum atomic E-state index is -4.85. The molecule has 0 aromatic carbocycles. The SMILES string of the molecule is C[C@H](CNC(=O)CC(C)(O)C(F)(F)F)C1CCC2C(=CC=C3CC(O)CC(O)C3)CCC[C@@]21C. The van der Waals surface area contributed by atoms with E-state index in [-0.39, 0.29) is 11.3 Å².